The molecule has 1 fully saturated rings. The molecule has 2 heterocycles. The van der Waals surface area contributed by atoms with E-state index in [-0.39, 0.29) is 12.4 Å². The van der Waals surface area contributed by atoms with Crippen LogP contribution in [0.2, 0.25) is 0 Å². The lowest BCUT2D eigenvalue weighted by atomic mass is 9.89. The van der Waals surface area contributed by atoms with Gasteiger partial charge >= 0.3 is 11.9 Å². The van der Waals surface area contributed by atoms with Crippen LogP contribution in [-0.4, -0.2) is 35.8 Å². The number of anilines is 1. The Morgan fingerprint density at radius 3 is 2.67 bits per heavy atom. The fourth-order valence-corrected chi connectivity index (χ4v) is 3.25. The summed E-state index contributed by atoms with van der Waals surface area (Å²) in [7, 11) is 0. The average Bonchev–Trinajstić information content (AvgIpc) is 3.11. The number of rotatable bonds is 4. The van der Waals surface area contributed by atoms with Crippen molar-refractivity contribution in [3.63, 3.8) is 0 Å². The molecule has 2 aliphatic heterocycles. The highest BCUT2D eigenvalue weighted by atomic mass is 16.7. The van der Waals surface area contributed by atoms with Crippen molar-refractivity contribution in [3.05, 3.63) is 53.6 Å². The highest BCUT2D eigenvalue weighted by Gasteiger charge is 2.51. The Kier molecular flexibility index (Phi) is 3.95. The van der Waals surface area contributed by atoms with Gasteiger partial charge in [0.1, 0.15) is 6.04 Å². The fraction of sp³-hybridized carbons (Fsp3) is 0.211. The first kappa shape index (κ1) is 16.9. The quantitative estimate of drug-likeness (QED) is 0.650. The SMILES string of the molecule is CC(=O)O[C@@H]1C(=O)N(c2cccc(C(=O)O)c2)[C@H]1c1ccc2c(c1)OCO2. The summed E-state index contributed by atoms with van der Waals surface area (Å²) in [6.07, 6.45) is -0.989. The highest BCUT2D eigenvalue weighted by Crippen LogP contribution is 2.44. The Balaban J connectivity index is 1.74. The van der Waals surface area contributed by atoms with Crippen LogP contribution in [0.4, 0.5) is 5.69 Å². The van der Waals surface area contributed by atoms with E-state index in [0.717, 1.165) is 0 Å². The van der Waals surface area contributed by atoms with Crippen LogP contribution in [0.5, 0.6) is 11.5 Å². The Hall–Kier alpha value is -3.55. The van der Waals surface area contributed by atoms with E-state index in [4.69, 9.17) is 14.2 Å². The van der Waals surface area contributed by atoms with Crippen molar-refractivity contribution in [1.29, 1.82) is 0 Å². The smallest absolute Gasteiger partial charge is 0.335 e. The second kappa shape index (κ2) is 6.31. The molecule has 8 nitrogen and oxygen atoms in total. The Bertz CT molecular complexity index is 955. The molecule has 4 rings (SSSR count). The minimum absolute atomic E-state index is 0.0562. The molecule has 0 aromatic heterocycles. The molecule has 0 saturated carbocycles. The van der Waals surface area contributed by atoms with Crippen molar-refractivity contribution in [2.45, 2.75) is 19.1 Å². The number of aromatic carboxylic acids is 1. The summed E-state index contributed by atoms with van der Waals surface area (Å²) >= 11 is 0. The molecule has 2 aliphatic rings. The summed E-state index contributed by atoms with van der Waals surface area (Å²) in [5, 5.41) is 9.20. The summed E-state index contributed by atoms with van der Waals surface area (Å²) in [6, 6.07) is 10.6. The normalized spacial score (nSPS) is 20.2. The molecule has 2 atom stereocenters. The number of hydrogen-bond acceptors (Lipinski definition) is 6. The van der Waals surface area contributed by atoms with E-state index in [0.29, 0.717) is 22.7 Å². The van der Waals surface area contributed by atoms with Crippen molar-refractivity contribution in [2.75, 3.05) is 11.7 Å². The maximum absolute atomic E-state index is 12.6. The van der Waals surface area contributed by atoms with E-state index in [2.05, 4.69) is 0 Å². The van der Waals surface area contributed by atoms with Gasteiger partial charge in [-0.05, 0) is 35.9 Å². The van der Waals surface area contributed by atoms with Crippen LogP contribution in [0.15, 0.2) is 42.5 Å². The largest absolute Gasteiger partial charge is 0.478 e. The van der Waals surface area contributed by atoms with Crippen LogP contribution in [0.25, 0.3) is 0 Å². The maximum atomic E-state index is 12.6. The highest BCUT2D eigenvalue weighted by molar-refractivity contribution is 6.06. The number of fused-ring (bicyclic) bond motifs is 1. The first-order valence-corrected chi connectivity index (χ1v) is 8.19. The summed E-state index contributed by atoms with van der Waals surface area (Å²) in [5.74, 6) is -0.963. The van der Waals surface area contributed by atoms with Crippen molar-refractivity contribution in [2.24, 2.45) is 0 Å². The summed E-state index contributed by atoms with van der Waals surface area (Å²) < 4.78 is 15.9. The van der Waals surface area contributed by atoms with Crippen LogP contribution in [-0.2, 0) is 14.3 Å². The second-order valence-corrected chi connectivity index (χ2v) is 6.15. The van der Waals surface area contributed by atoms with Gasteiger partial charge in [0, 0.05) is 12.6 Å². The van der Waals surface area contributed by atoms with Crippen molar-refractivity contribution in [1.82, 2.24) is 0 Å². The van der Waals surface area contributed by atoms with Crippen molar-refractivity contribution in [3.8, 4) is 11.5 Å². The van der Waals surface area contributed by atoms with E-state index in [9.17, 15) is 19.5 Å². The van der Waals surface area contributed by atoms with Gasteiger partial charge in [0.25, 0.3) is 5.91 Å². The number of carbonyl (C=O) groups is 3. The van der Waals surface area contributed by atoms with Gasteiger partial charge in [-0.1, -0.05) is 12.1 Å². The number of carboxylic acid groups (broad SMARTS) is 1. The Morgan fingerprint density at radius 2 is 1.93 bits per heavy atom. The third-order valence-electron chi connectivity index (χ3n) is 4.45. The number of benzene rings is 2. The zero-order valence-corrected chi connectivity index (χ0v) is 14.2. The second-order valence-electron chi connectivity index (χ2n) is 6.15. The van der Waals surface area contributed by atoms with Gasteiger partial charge in [-0.15, -0.1) is 0 Å². The number of amides is 1. The predicted octanol–water partition coefficient (Wildman–Crippen LogP) is 2.13. The van der Waals surface area contributed by atoms with Crippen molar-refractivity contribution >= 4 is 23.5 Å². The first-order chi connectivity index (χ1) is 13.0. The molecule has 1 N–H and O–H groups in total. The third-order valence-corrected chi connectivity index (χ3v) is 4.45. The van der Waals surface area contributed by atoms with Crippen LogP contribution in [0.1, 0.15) is 28.9 Å². The average molecular weight is 369 g/mol. The topological polar surface area (TPSA) is 102 Å². The molecule has 0 spiro atoms. The van der Waals surface area contributed by atoms with E-state index in [1.54, 1.807) is 30.3 Å². The molecule has 1 amide bonds. The molecule has 27 heavy (non-hydrogen) atoms. The number of carboxylic acids is 1. The van der Waals surface area contributed by atoms with Gasteiger partial charge < -0.3 is 19.3 Å². The van der Waals surface area contributed by atoms with E-state index in [1.807, 2.05) is 0 Å². The van der Waals surface area contributed by atoms with Crippen LogP contribution in [0.3, 0.4) is 0 Å². The molecular formula is C19H15NO7. The lowest BCUT2D eigenvalue weighted by Crippen LogP contribution is -2.60. The lowest BCUT2D eigenvalue weighted by Gasteiger charge is -2.46. The monoisotopic (exact) mass is 369 g/mol. The van der Waals surface area contributed by atoms with Crippen LogP contribution < -0.4 is 14.4 Å². The number of ether oxygens (including phenoxy) is 3. The summed E-state index contributed by atoms with van der Waals surface area (Å²) in [4.78, 5) is 36.7. The fourth-order valence-electron chi connectivity index (χ4n) is 3.25. The molecule has 2 aromatic carbocycles. The molecule has 8 heteroatoms. The third kappa shape index (κ3) is 2.84. The molecule has 138 valence electrons. The number of esters is 1. The van der Waals surface area contributed by atoms with E-state index < -0.39 is 30.0 Å². The summed E-state index contributed by atoms with van der Waals surface area (Å²) in [6.45, 7) is 1.35. The Labute approximate surface area is 153 Å². The summed E-state index contributed by atoms with van der Waals surface area (Å²) in [5.41, 5.74) is 1.15. The number of carbonyl (C=O) groups excluding carboxylic acids is 2. The molecule has 0 radical (unpaired) electrons. The number of β-lactam (4-membered cyclic amide) rings is 1. The van der Waals surface area contributed by atoms with Crippen molar-refractivity contribution < 1.29 is 33.7 Å². The van der Waals surface area contributed by atoms with Crippen LogP contribution in [0, 0.1) is 0 Å². The Morgan fingerprint density at radius 1 is 1.15 bits per heavy atom. The van der Waals surface area contributed by atoms with E-state index >= 15 is 0 Å². The first-order valence-electron chi connectivity index (χ1n) is 8.19. The minimum atomic E-state index is -1.10. The molecular weight excluding hydrogens is 354 g/mol. The zero-order chi connectivity index (χ0) is 19.1. The maximum Gasteiger partial charge on any atom is 0.335 e. The van der Waals surface area contributed by atoms with Crippen LogP contribution >= 0.6 is 0 Å². The zero-order valence-electron chi connectivity index (χ0n) is 14.2. The molecule has 2 aromatic rings. The van der Waals surface area contributed by atoms with Gasteiger partial charge in [0.05, 0.1) is 5.56 Å². The van der Waals surface area contributed by atoms with Gasteiger partial charge in [-0.2, -0.15) is 0 Å². The van der Waals surface area contributed by atoms with Gasteiger partial charge in [0.2, 0.25) is 12.9 Å². The van der Waals surface area contributed by atoms with E-state index in [1.165, 1.54) is 24.0 Å². The minimum Gasteiger partial charge on any atom is -0.478 e. The van der Waals surface area contributed by atoms with Gasteiger partial charge in [-0.25, -0.2) is 4.79 Å². The molecule has 0 aliphatic carbocycles. The van der Waals surface area contributed by atoms with Gasteiger partial charge in [-0.3, -0.25) is 14.5 Å². The number of nitrogens with zero attached hydrogens (tertiary/aromatic N) is 1. The standard InChI is InChI=1S/C19H15NO7/c1-10(21)27-17-16(11-5-6-14-15(8-11)26-9-25-14)20(18(17)22)13-4-2-3-12(7-13)19(23)24/h2-8,16-17H,9H2,1H3,(H,23,24)/t16-,17-/m0/s1. The van der Waals surface area contributed by atoms with Gasteiger partial charge in [0.15, 0.2) is 11.5 Å². The lowest BCUT2D eigenvalue weighted by molar-refractivity contribution is -0.160. The predicted molar refractivity (Wildman–Crippen MR) is 91.7 cm³/mol. The molecule has 1 saturated heterocycles. The molecule has 0 unspecified atom stereocenters. The number of hydrogen-bond donors (Lipinski definition) is 1. The molecule has 0 bridgehead atoms.